The summed E-state index contributed by atoms with van der Waals surface area (Å²) in [6.07, 6.45) is 1.32. The Hall–Kier alpha value is -2.41. The van der Waals surface area contributed by atoms with Gasteiger partial charge in [-0.15, -0.1) is 6.58 Å². The van der Waals surface area contributed by atoms with Crippen molar-refractivity contribution >= 4 is 29.2 Å². The van der Waals surface area contributed by atoms with E-state index in [1.165, 1.54) is 18.2 Å². The second-order valence-corrected chi connectivity index (χ2v) is 4.17. The number of carboxylic acids is 1. The normalized spacial score (nSPS) is 9.85. The number of halogens is 1. The third-order valence-electron chi connectivity index (χ3n) is 2.36. The lowest BCUT2D eigenvalue weighted by Crippen LogP contribution is -2.36. The fourth-order valence-corrected chi connectivity index (χ4v) is 1.82. The van der Waals surface area contributed by atoms with E-state index in [1.807, 2.05) is 0 Å². The molecule has 1 N–H and O–H groups in total. The van der Waals surface area contributed by atoms with Crippen LogP contribution in [0.3, 0.4) is 0 Å². The highest BCUT2D eigenvalue weighted by Gasteiger charge is 2.27. The summed E-state index contributed by atoms with van der Waals surface area (Å²) in [6.45, 7) is 2.74. The Kier molecular flexibility index (Phi) is 5.22. The van der Waals surface area contributed by atoms with Crippen LogP contribution in [0.1, 0.15) is 10.4 Å². The molecule has 0 heterocycles. The Labute approximate surface area is 119 Å². The lowest BCUT2D eigenvalue weighted by Gasteiger charge is -2.19. The minimum Gasteiger partial charge on any atom is -0.480 e. The van der Waals surface area contributed by atoms with E-state index in [0.717, 1.165) is 11.0 Å². The average molecular weight is 299 g/mol. The predicted molar refractivity (Wildman–Crippen MR) is 71.8 cm³/mol. The number of nitro benzene ring substituents is 1. The highest BCUT2D eigenvalue weighted by Crippen LogP contribution is 2.27. The molecule has 1 amide bonds. The van der Waals surface area contributed by atoms with Crippen molar-refractivity contribution in [1.82, 2.24) is 4.90 Å². The fourth-order valence-electron chi connectivity index (χ4n) is 1.57. The van der Waals surface area contributed by atoms with E-state index in [2.05, 4.69) is 6.58 Å². The summed E-state index contributed by atoms with van der Waals surface area (Å²) in [5.74, 6) is -2.07. The van der Waals surface area contributed by atoms with Gasteiger partial charge in [-0.25, -0.2) is 0 Å². The molecule has 0 aliphatic rings. The third-order valence-corrected chi connectivity index (χ3v) is 2.68. The van der Waals surface area contributed by atoms with E-state index in [4.69, 9.17) is 16.7 Å². The van der Waals surface area contributed by atoms with Crippen LogP contribution in [0.25, 0.3) is 0 Å². The van der Waals surface area contributed by atoms with Crippen molar-refractivity contribution in [2.75, 3.05) is 13.1 Å². The number of nitrogens with zero attached hydrogens (tertiary/aromatic N) is 2. The van der Waals surface area contributed by atoms with Crippen molar-refractivity contribution in [3.05, 3.63) is 51.6 Å². The van der Waals surface area contributed by atoms with Gasteiger partial charge in [0.25, 0.3) is 11.6 Å². The topological polar surface area (TPSA) is 101 Å². The van der Waals surface area contributed by atoms with Gasteiger partial charge >= 0.3 is 5.97 Å². The molecule has 1 rings (SSSR count). The lowest BCUT2D eigenvalue weighted by molar-refractivity contribution is -0.385. The maximum Gasteiger partial charge on any atom is 0.323 e. The van der Waals surface area contributed by atoms with Crippen molar-refractivity contribution in [2.45, 2.75) is 0 Å². The molecule has 1 aromatic carbocycles. The van der Waals surface area contributed by atoms with Gasteiger partial charge in [-0.1, -0.05) is 23.7 Å². The first-order chi connectivity index (χ1) is 9.38. The first kappa shape index (κ1) is 15.6. The number of nitro groups is 1. The third kappa shape index (κ3) is 3.55. The number of carbonyl (C=O) groups is 2. The van der Waals surface area contributed by atoms with Crippen molar-refractivity contribution < 1.29 is 19.6 Å². The molecule has 0 radical (unpaired) electrons. The molecule has 0 saturated heterocycles. The smallest absolute Gasteiger partial charge is 0.323 e. The molecule has 0 saturated carbocycles. The Morgan fingerprint density at radius 1 is 1.50 bits per heavy atom. The number of aliphatic carboxylic acids is 1. The van der Waals surface area contributed by atoms with Crippen LogP contribution in [0.2, 0.25) is 5.02 Å². The molecule has 7 nitrogen and oxygen atoms in total. The van der Waals surface area contributed by atoms with E-state index in [9.17, 15) is 19.7 Å². The summed E-state index contributed by atoms with van der Waals surface area (Å²) < 4.78 is 0. The molecule has 1 aromatic rings. The monoisotopic (exact) mass is 298 g/mol. The predicted octanol–water partition coefficient (Wildman–Crippen LogP) is 1.96. The quantitative estimate of drug-likeness (QED) is 0.491. The van der Waals surface area contributed by atoms with Crippen LogP contribution in [0, 0.1) is 10.1 Å². The van der Waals surface area contributed by atoms with Crippen LogP contribution >= 0.6 is 11.6 Å². The Bertz CT molecular complexity index is 573. The number of hydrogen-bond donors (Lipinski definition) is 1. The molecule has 0 fully saturated rings. The molecule has 0 aromatic heterocycles. The largest absolute Gasteiger partial charge is 0.480 e. The van der Waals surface area contributed by atoms with E-state index >= 15 is 0 Å². The summed E-state index contributed by atoms with van der Waals surface area (Å²) in [5, 5.41) is 19.6. The number of hydrogen-bond acceptors (Lipinski definition) is 4. The Balaban J connectivity index is 3.27. The highest BCUT2D eigenvalue weighted by atomic mass is 35.5. The zero-order chi connectivity index (χ0) is 15.3. The maximum atomic E-state index is 12.2. The molecule has 8 heteroatoms. The molecule has 106 valence electrons. The van der Waals surface area contributed by atoms with E-state index < -0.39 is 29.0 Å². The minimum atomic E-state index is -1.24. The van der Waals surface area contributed by atoms with Gasteiger partial charge in [-0.05, 0) is 6.07 Å². The van der Waals surface area contributed by atoms with Crippen molar-refractivity contribution in [3.8, 4) is 0 Å². The van der Waals surface area contributed by atoms with Crippen LogP contribution in [0.4, 0.5) is 5.69 Å². The molecular weight excluding hydrogens is 288 g/mol. The molecule has 0 bridgehead atoms. The summed E-state index contributed by atoms with van der Waals surface area (Å²) >= 11 is 5.82. The van der Waals surface area contributed by atoms with Crippen LogP contribution in [-0.4, -0.2) is 39.9 Å². The molecule has 20 heavy (non-hydrogen) atoms. The van der Waals surface area contributed by atoms with Gasteiger partial charge in [-0.3, -0.25) is 19.7 Å². The van der Waals surface area contributed by atoms with E-state index in [-0.39, 0.29) is 17.1 Å². The van der Waals surface area contributed by atoms with Gasteiger partial charge in [0.2, 0.25) is 0 Å². The van der Waals surface area contributed by atoms with Gasteiger partial charge < -0.3 is 10.0 Å². The standard InChI is InChI=1S/C12H11ClN2O5/c1-2-6-14(7-10(16)17)12(18)11-8(13)4-3-5-9(11)15(19)20/h2-5H,1,6-7H2,(H,16,17). The van der Waals surface area contributed by atoms with Crippen LogP contribution in [0.5, 0.6) is 0 Å². The zero-order valence-electron chi connectivity index (χ0n) is 10.3. The Morgan fingerprint density at radius 3 is 2.65 bits per heavy atom. The van der Waals surface area contributed by atoms with Crippen molar-refractivity contribution in [2.24, 2.45) is 0 Å². The summed E-state index contributed by atoms with van der Waals surface area (Å²) in [5.41, 5.74) is -0.802. The van der Waals surface area contributed by atoms with Gasteiger partial charge in [0.1, 0.15) is 12.1 Å². The number of carbonyl (C=O) groups excluding carboxylic acids is 1. The average Bonchev–Trinajstić information content (AvgIpc) is 2.36. The summed E-state index contributed by atoms with van der Waals surface area (Å²) in [4.78, 5) is 34.1. The molecule has 0 aliphatic carbocycles. The molecular formula is C12H11ClN2O5. The number of carboxylic acid groups (broad SMARTS) is 1. The lowest BCUT2D eigenvalue weighted by atomic mass is 10.1. The summed E-state index contributed by atoms with van der Waals surface area (Å²) in [6, 6.07) is 3.80. The van der Waals surface area contributed by atoms with Gasteiger partial charge in [-0.2, -0.15) is 0 Å². The SMILES string of the molecule is C=CCN(CC(=O)O)C(=O)c1c(Cl)cccc1[N+](=O)[O-]. The van der Waals surface area contributed by atoms with Crippen LogP contribution < -0.4 is 0 Å². The minimum absolute atomic E-state index is 0.0620. The first-order valence-corrected chi connectivity index (χ1v) is 5.81. The molecule has 0 aliphatic heterocycles. The van der Waals surface area contributed by atoms with Crippen molar-refractivity contribution in [3.63, 3.8) is 0 Å². The first-order valence-electron chi connectivity index (χ1n) is 5.43. The second-order valence-electron chi connectivity index (χ2n) is 3.76. The summed E-state index contributed by atoms with van der Waals surface area (Å²) in [7, 11) is 0. The highest BCUT2D eigenvalue weighted by molar-refractivity contribution is 6.34. The number of rotatable bonds is 6. The van der Waals surface area contributed by atoms with E-state index in [0.29, 0.717) is 0 Å². The van der Waals surface area contributed by atoms with Gasteiger partial charge in [0, 0.05) is 12.6 Å². The van der Waals surface area contributed by atoms with E-state index in [1.54, 1.807) is 0 Å². The number of amides is 1. The Morgan fingerprint density at radius 2 is 2.15 bits per heavy atom. The second kappa shape index (κ2) is 6.67. The molecule has 0 unspecified atom stereocenters. The van der Waals surface area contributed by atoms with Crippen LogP contribution in [0.15, 0.2) is 30.9 Å². The van der Waals surface area contributed by atoms with Crippen molar-refractivity contribution in [1.29, 1.82) is 0 Å². The molecule has 0 spiro atoms. The van der Waals surface area contributed by atoms with Gasteiger partial charge in [0.15, 0.2) is 0 Å². The van der Waals surface area contributed by atoms with Gasteiger partial charge in [0.05, 0.1) is 9.95 Å². The van der Waals surface area contributed by atoms with Crippen LogP contribution in [-0.2, 0) is 4.79 Å². The zero-order valence-corrected chi connectivity index (χ0v) is 11.0. The fraction of sp³-hybridized carbons (Fsp3) is 0.167. The molecule has 0 atom stereocenters. The number of benzene rings is 1. The maximum absolute atomic E-state index is 12.2.